The van der Waals surface area contributed by atoms with Crippen molar-refractivity contribution in [1.29, 1.82) is 0 Å². The van der Waals surface area contributed by atoms with E-state index in [0.29, 0.717) is 13.0 Å². The van der Waals surface area contributed by atoms with Gasteiger partial charge < -0.3 is 11.1 Å². The highest BCUT2D eigenvalue weighted by molar-refractivity contribution is 5.76. The number of nitrogen functional groups attached to an aromatic ring is 1. The second kappa shape index (κ2) is 5.95. The van der Waals surface area contributed by atoms with Gasteiger partial charge in [-0.25, -0.2) is 0 Å². The van der Waals surface area contributed by atoms with Crippen LogP contribution in [0.1, 0.15) is 36.4 Å². The van der Waals surface area contributed by atoms with Crippen LogP contribution in [0.4, 0.5) is 5.69 Å². The fraction of sp³-hybridized carbons (Fsp3) is 0.400. The molecule has 0 saturated carbocycles. The number of nitrogens with one attached hydrogen (secondary N) is 1. The molecule has 2 aromatic rings. The average molecular weight is 285 g/mol. The molecule has 0 radical (unpaired) electrons. The Morgan fingerprint density at radius 1 is 1.48 bits per heavy atom. The van der Waals surface area contributed by atoms with Crippen LogP contribution in [-0.2, 0) is 17.8 Å². The number of nitrogens with zero attached hydrogens (tertiary/aromatic N) is 3. The summed E-state index contributed by atoms with van der Waals surface area (Å²) in [5.41, 5.74) is 9.06. The van der Waals surface area contributed by atoms with E-state index in [-0.39, 0.29) is 11.9 Å². The van der Waals surface area contributed by atoms with Crippen molar-refractivity contribution in [2.75, 3.05) is 5.73 Å². The number of hydrogen-bond donors (Lipinski definition) is 2. The average Bonchev–Trinajstić information content (AvgIpc) is 2.98. The molecule has 21 heavy (non-hydrogen) atoms. The van der Waals surface area contributed by atoms with E-state index in [1.54, 1.807) is 17.1 Å². The number of nitrogens with two attached hydrogens (primary N) is 1. The zero-order chi connectivity index (χ0) is 14.7. The molecule has 3 rings (SSSR count). The van der Waals surface area contributed by atoms with Crippen LogP contribution in [0.3, 0.4) is 0 Å². The number of carbonyl (C=O) groups excluding carboxylic acids is 1. The zero-order valence-electron chi connectivity index (χ0n) is 11.8. The van der Waals surface area contributed by atoms with Crippen molar-refractivity contribution >= 4 is 11.6 Å². The van der Waals surface area contributed by atoms with E-state index in [2.05, 4.69) is 15.6 Å². The van der Waals surface area contributed by atoms with Crippen LogP contribution < -0.4 is 11.1 Å². The van der Waals surface area contributed by atoms with Gasteiger partial charge in [0.05, 0.1) is 18.8 Å². The van der Waals surface area contributed by atoms with Crippen LogP contribution in [0.25, 0.3) is 0 Å². The van der Waals surface area contributed by atoms with E-state index in [9.17, 15) is 4.79 Å². The smallest absolute Gasteiger partial charge is 0.222 e. The standard InChI is InChI=1S/C15H19N5O/c16-12-4-5-13-11(10-12)2-1-3-14(13)18-15(21)6-8-20-9-7-17-19-20/h4-5,7,9-10,14H,1-3,6,8,16H2,(H,18,21). The SMILES string of the molecule is Nc1ccc2c(c1)CCCC2NC(=O)CCn1ccnn1. The Morgan fingerprint density at radius 3 is 3.19 bits per heavy atom. The second-order valence-electron chi connectivity index (χ2n) is 5.39. The van der Waals surface area contributed by atoms with Crippen molar-refractivity contribution in [3.63, 3.8) is 0 Å². The van der Waals surface area contributed by atoms with Gasteiger partial charge in [0.15, 0.2) is 0 Å². The molecule has 1 aromatic heterocycles. The van der Waals surface area contributed by atoms with E-state index in [1.165, 1.54) is 11.1 Å². The van der Waals surface area contributed by atoms with E-state index in [4.69, 9.17) is 5.73 Å². The monoisotopic (exact) mass is 285 g/mol. The molecule has 1 amide bonds. The highest BCUT2D eigenvalue weighted by atomic mass is 16.1. The van der Waals surface area contributed by atoms with Crippen LogP contribution in [0.5, 0.6) is 0 Å². The van der Waals surface area contributed by atoms with Gasteiger partial charge in [0.1, 0.15) is 0 Å². The number of anilines is 1. The summed E-state index contributed by atoms with van der Waals surface area (Å²) in [5.74, 6) is 0.0418. The Kier molecular flexibility index (Phi) is 3.85. The number of carbonyl (C=O) groups is 1. The van der Waals surface area contributed by atoms with E-state index >= 15 is 0 Å². The zero-order valence-corrected chi connectivity index (χ0v) is 11.8. The Labute approximate surface area is 123 Å². The van der Waals surface area contributed by atoms with Gasteiger partial charge in [0.25, 0.3) is 0 Å². The van der Waals surface area contributed by atoms with Crippen molar-refractivity contribution in [1.82, 2.24) is 20.3 Å². The molecule has 0 bridgehead atoms. The molecule has 3 N–H and O–H groups in total. The van der Waals surface area contributed by atoms with Gasteiger partial charge in [-0.05, 0) is 42.5 Å². The highest BCUT2D eigenvalue weighted by Crippen LogP contribution is 2.30. The first-order valence-electron chi connectivity index (χ1n) is 7.24. The summed E-state index contributed by atoms with van der Waals surface area (Å²) < 4.78 is 1.66. The molecule has 1 heterocycles. The summed E-state index contributed by atoms with van der Waals surface area (Å²) in [7, 11) is 0. The lowest BCUT2D eigenvalue weighted by atomic mass is 9.87. The molecular formula is C15H19N5O. The van der Waals surface area contributed by atoms with Crippen molar-refractivity contribution in [3.05, 3.63) is 41.7 Å². The summed E-state index contributed by atoms with van der Waals surface area (Å²) in [6.45, 7) is 0.549. The molecule has 6 heteroatoms. The van der Waals surface area contributed by atoms with E-state index < -0.39 is 0 Å². The molecule has 1 aliphatic carbocycles. The van der Waals surface area contributed by atoms with Crippen LogP contribution >= 0.6 is 0 Å². The van der Waals surface area contributed by atoms with Crippen molar-refractivity contribution in [2.24, 2.45) is 0 Å². The Balaban J connectivity index is 1.62. The first-order valence-corrected chi connectivity index (χ1v) is 7.24. The molecule has 0 spiro atoms. The third kappa shape index (κ3) is 3.21. The number of aryl methyl sites for hydroxylation is 2. The van der Waals surface area contributed by atoms with Gasteiger partial charge in [-0.15, -0.1) is 5.10 Å². The molecule has 1 aliphatic rings. The van der Waals surface area contributed by atoms with Crippen LogP contribution in [0, 0.1) is 0 Å². The number of aromatic nitrogens is 3. The number of amides is 1. The van der Waals surface area contributed by atoms with Crippen LogP contribution in [0.2, 0.25) is 0 Å². The quantitative estimate of drug-likeness (QED) is 0.832. The molecule has 0 fully saturated rings. The number of fused-ring (bicyclic) bond motifs is 1. The molecule has 0 aliphatic heterocycles. The summed E-state index contributed by atoms with van der Waals surface area (Å²) >= 11 is 0. The lowest BCUT2D eigenvalue weighted by molar-refractivity contribution is -0.122. The predicted molar refractivity (Wildman–Crippen MR) is 79.3 cm³/mol. The Bertz CT molecular complexity index is 623. The Hall–Kier alpha value is -2.37. The van der Waals surface area contributed by atoms with Gasteiger partial charge >= 0.3 is 0 Å². The van der Waals surface area contributed by atoms with Gasteiger partial charge in [0, 0.05) is 18.3 Å². The topological polar surface area (TPSA) is 85.8 Å². The molecule has 110 valence electrons. The molecule has 1 atom stereocenters. The van der Waals surface area contributed by atoms with Gasteiger partial charge in [0.2, 0.25) is 5.91 Å². The maximum absolute atomic E-state index is 12.1. The summed E-state index contributed by atoms with van der Waals surface area (Å²) in [5, 5.41) is 10.7. The minimum absolute atomic E-state index is 0.0418. The molecule has 1 unspecified atom stereocenters. The lowest BCUT2D eigenvalue weighted by Crippen LogP contribution is -2.31. The fourth-order valence-corrected chi connectivity index (χ4v) is 2.82. The number of benzene rings is 1. The lowest BCUT2D eigenvalue weighted by Gasteiger charge is -2.26. The molecular weight excluding hydrogens is 266 g/mol. The minimum Gasteiger partial charge on any atom is -0.399 e. The van der Waals surface area contributed by atoms with Crippen LogP contribution in [-0.4, -0.2) is 20.9 Å². The summed E-state index contributed by atoms with van der Waals surface area (Å²) in [6, 6.07) is 6.05. The highest BCUT2D eigenvalue weighted by Gasteiger charge is 2.21. The van der Waals surface area contributed by atoms with Gasteiger partial charge in [-0.2, -0.15) is 0 Å². The Morgan fingerprint density at radius 2 is 2.38 bits per heavy atom. The van der Waals surface area contributed by atoms with Gasteiger partial charge in [-0.1, -0.05) is 11.3 Å². The van der Waals surface area contributed by atoms with Gasteiger partial charge in [-0.3, -0.25) is 9.48 Å². The van der Waals surface area contributed by atoms with E-state index in [1.807, 2.05) is 18.2 Å². The van der Waals surface area contributed by atoms with Crippen molar-refractivity contribution < 1.29 is 4.79 Å². The molecule has 1 aromatic carbocycles. The van der Waals surface area contributed by atoms with Crippen molar-refractivity contribution in [2.45, 2.75) is 38.3 Å². The number of rotatable bonds is 4. The minimum atomic E-state index is 0.0418. The maximum atomic E-state index is 12.1. The van der Waals surface area contributed by atoms with E-state index in [0.717, 1.165) is 24.9 Å². The first kappa shape index (κ1) is 13.6. The largest absolute Gasteiger partial charge is 0.399 e. The first-order chi connectivity index (χ1) is 10.2. The third-order valence-electron chi connectivity index (χ3n) is 3.86. The molecule has 6 nitrogen and oxygen atoms in total. The fourth-order valence-electron chi connectivity index (χ4n) is 2.82. The van der Waals surface area contributed by atoms with Crippen molar-refractivity contribution in [3.8, 4) is 0 Å². The predicted octanol–water partition coefficient (Wildman–Crippen LogP) is 1.44. The van der Waals surface area contributed by atoms with Crippen LogP contribution in [0.15, 0.2) is 30.6 Å². The molecule has 0 saturated heterocycles. The maximum Gasteiger partial charge on any atom is 0.222 e. The summed E-state index contributed by atoms with van der Waals surface area (Å²) in [4.78, 5) is 12.1. The normalized spacial score (nSPS) is 17.2. The summed E-state index contributed by atoms with van der Waals surface area (Å²) in [6.07, 6.45) is 6.86. The second-order valence-corrected chi connectivity index (χ2v) is 5.39. The third-order valence-corrected chi connectivity index (χ3v) is 3.86. The number of hydrogen-bond acceptors (Lipinski definition) is 4.